The Bertz CT molecular complexity index is 1080. The van der Waals surface area contributed by atoms with Crippen LogP contribution in [0.3, 0.4) is 0 Å². The molecule has 2 N–H and O–H groups in total. The van der Waals surface area contributed by atoms with Gasteiger partial charge in [0.1, 0.15) is 11.6 Å². The van der Waals surface area contributed by atoms with Crippen molar-refractivity contribution >= 4 is 17.5 Å². The topological polar surface area (TPSA) is 103 Å². The fourth-order valence-corrected chi connectivity index (χ4v) is 3.85. The average Bonchev–Trinajstić information content (AvgIpc) is 3.19. The molecule has 5 rings (SSSR count). The molecular formula is C23H25N5O3. The summed E-state index contributed by atoms with van der Waals surface area (Å²) in [6.07, 6.45) is 3.36. The lowest BCUT2D eigenvalue weighted by Gasteiger charge is -2.23. The van der Waals surface area contributed by atoms with Crippen molar-refractivity contribution in [1.29, 1.82) is 0 Å². The number of hydrogen-bond acceptors (Lipinski definition) is 5. The summed E-state index contributed by atoms with van der Waals surface area (Å²) in [5.74, 6) is 1.29. The zero-order valence-electron chi connectivity index (χ0n) is 17.4. The third-order valence-electron chi connectivity index (χ3n) is 5.45. The van der Waals surface area contributed by atoms with Crippen LogP contribution in [-0.2, 0) is 11.2 Å². The number of nitrogens with two attached hydrogens (primary N) is 1. The molecule has 0 saturated carbocycles. The quantitative estimate of drug-likeness (QED) is 0.688. The van der Waals surface area contributed by atoms with Crippen LogP contribution in [0.4, 0.5) is 5.69 Å². The minimum atomic E-state index is -0.566. The number of rotatable bonds is 2. The van der Waals surface area contributed by atoms with Crippen molar-refractivity contribution in [3.63, 3.8) is 0 Å². The van der Waals surface area contributed by atoms with Gasteiger partial charge in [0, 0.05) is 13.5 Å². The number of fused-ring (bicyclic) bond motifs is 2. The molecule has 3 heterocycles. The van der Waals surface area contributed by atoms with Crippen molar-refractivity contribution in [2.24, 2.45) is 5.73 Å². The molecule has 1 atom stereocenters. The molecule has 0 radical (unpaired) electrons. The number of carbonyl (C=O) groups excluding carboxylic acids is 2. The van der Waals surface area contributed by atoms with Crippen LogP contribution >= 0.6 is 0 Å². The highest BCUT2D eigenvalue weighted by Gasteiger charge is 2.25. The van der Waals surface area contributed by atoms with Crippen LogP contribution in [0.5, 0.6) is 5.75 Å². The summed E-state index contributed by atoms with van der Waals surface area (Å²) in [5, 5.41) is 4.24. The molecule has 1 unspecified atom stereocenters. The Morgan fingerprint density at radius 1 is 1.10 bits per heavy atom. The Morgan fingerprint density at radius 3 is 2.61 bits per heavy atom. The summed E-state index contributed by atoms with van der Waals surface area (Å²) in [4.78, 5) is 28.4. The zero-order chi connectivity index (χ0) is 21.8. The predicted molar refractivity (Wildman–Crippen MR) is 116 cm³/mol. The fraction of sp³-hybridized carbons (Fsp3) is 0.304. The Labute approximate surface area is 180 Å². The van der Waals surface area contributed by atoms with Crippen molar-refractivity contribution in [2.45, 2.75) is 31.7 Å². The van der Waals surface area contributed by atoms with Gasteiger partial charge in [0.25, 0.3) is 5.91 Å². The van der Waals surface area contributed by atoms with Gasteiger partial charge in [-0.1, -0.05) is 42.5 Å². The first-order valence-corrected chi connectivity index (χ1v) is 10.3. The van der Waals surface area contributed by atoms with Crippen molar-refractivity contribution in [3.05, 3.63) is 71.8 Å². The van der Waals surface area contributed by atoms with E-state index in [2.05, 4.69) is 22.2 Å². The van der Waals surface area contributed by atoms with Crippen LogP contribution in [0.1, 0.15) is 47.3 Å². The largest absolute Gasteiger partial charge is 0.491 e. The normalized spacial score (nSPS) is 17.4. The number of amides is 2. The van der Waals surface area contributed by atoms with E-state index in [1.54, 1.807) is 11.9 Å². The van der Waals surface area contributed by atoms with Crippen LogP contribution in [0, 0.1) is 0 Å². The van der Waals surface area contributed by atoms with Crippen molar-refractivity contribution in [2.75, 3.05) is 18.6 Å². The summed E-state index contributed by atoms with van der Waals surface area (Å²) in [5.41, 5.74) is 7.28. The maximum atomic E-state index is 11.4. The van der Waals surface area contributed by atoms with E-state index in [0.717, 1.165) is 36.5 Å². The Balaban J connectivity index is 0.000000158. The van der Waals surface area contributed by atoms with Gasteiger partial charge in [-0.15, -0.1) is 5.10 Å². The molecule has 31 heavy (non-hydrogen) atoms. The van der Waals surface area contributed by atoms with Crippen molar-refractivity contribution in [3.8, 4) is 5.75 Å². The van der Waals surface area contributed by atoms with E-state index in [9.17, 15) is 9.59 Å². The van der Waals surface area contributed by atoms with Gasteiger partial charge < -0.3 is 15.4 Å². The summed E-state index contributed by atoms with van der Waals surface area (Å²) >= 11 is 0. The van der Waals surface area contributed by atoms with Crippen LogP contribution < -0.4 is 15.4 Å². The lowest BCUT2D eigenvalue weighted by Crippen LogP contribution is -2.24. The highest BCUT2D eigenvalue weighted by Crippen LogP contribution is 2.30. The monoisotopic (exact) mass is 419 g/mol. The molecule has 0 aliphatic carbocycles. The number of primary amides is 1. The van der Waals surface area contributed by atoms with Gasteiger partial charge in [-0.25, -0.2) is 9.67 Å². The van der Waals surface area contributed by atoms with E-state index in [0.29, 0.717) is 13.0 Å². The first-order valence-electron chi connectivity index (χ1n) is 10.3. The molecule has 0 spiro atoms. The van der Waals surface area contributed by atoms with Crippen molar-refractivity contribution < 1.29 is 14.3 Å². The van der Waals surface area contributed by atoms with Crippen molar-refractivity contribution in [1.82, 2.24) is 14.8 Å². The predicted octanol–water partition coefficient (Wildman–Crippen LogP) is 2.73. The second-order valence-electron chi connectivity index (χ2n) is 7.50. The number of carbonyl (C=O) groups is 2. The molecule has 0 saturated heterocycles. The van der Waals surface area contributed by atoms with Crippen LogP contribution in [0.2, 0.25) is 0 Å². The molecule has 8 nitrogen and oxygen atoms in total. The summed E-state index contributed by atoms with van der Waals surface area (Å²) < 4.78 is 7.27. The van der Waals surface area contributed by atoms with Gasteiger partial charge in [-0.3, -0.25) is 9.59 Å². The second-order valence-corrected chi connectivity index (χ2v) is 7.50. The SMILES string of the molecule is CN1C(=O)CCOc2ccccc21.NC(=O)c1nc2n(n1)C(c1ccccc1)CCC2. The maximum absolute atomic E-state index is 11.4. The number of anilines is 1. The Morgan fingerprint density at radius 2 is 1.84 bits per heavy atom. The smallest absolute Gasteiger partial charge is 0.288 e. The average molecular weight is 419 g/mol. The third-order valence-corrected chi connectivity index (χ3v) is 5.45. The number of benzene rings is 2. The minimum Gasteiger partial charge on any atom is -0.491 e. The van der Waals surface area contributed by atoms with E-state index in [-0.39, 0.29) is 17.8 Å². The van der Waals surface area contributed by atoms with E-state index in [1.165, 1.54) is 5.56 Å². The van der Waals surface area contributed by atoms with Gasteiger partial charge >= 0.3 is 0 Å². The highest BCUT2D eigenvalue weighted by atomic mass is 16.5. The number of nitrogens with zero attached hydrogens (tertiary/aromatic N) is 4. The molecule has 2 aromatic carbocycles. The molecule has 0 bridgehead atoms. The lowest BCUT2D eigenvalue weighted by molar-refractivity contribution is -0.118. The van der Waals surface area contributed by atoms with Crippen LogP contribution in [0.15, 0.2) is 54.6 Å². The van der Waals surface area contributed by atoms with E-state index < -0.39 is 5.91 Å². The molecule has 3 aromatic rings. The molecule has 2 aliphatic heterocycles. The highest BCUT2D eigenvalue weighted by molar-refractivity contribution is 5.95. The number of para-hydroxylation sites is 2. The summed E-state index contributed by atoms with van der Waals surface area (Å²) in [6.45, 7) is 0.472. The zero-order valence-corrected chi connectivity index (χ0v) is 17.4. The van der Waals surface area contributed by atoms with E-state index >= 15 is 0 Å². The van der Waals surface area contributed by atoms with Crippen LogP contribution in [0.25, 0.3) is 0 Å². The van der Waals surface area contributed by atoms with E-state index in [1.807, 2.05) is 47.1 Å². The third kappa shape index (κ3) is 4.42. The summed E-state index contributed by atoms with van der Waals surface area (Å²) in [6, 6.07) is 17.9. The minimum absolute atomic E-state index is 0.102. The second kappa shape index (κ2) is 8.99. The number of aromatic nitrogens is 3. The van der Waals surface area contributed by atoms with Gasteiger partial charge in [0.05, 0.1) is 24.8 Å². The molecule has 8 heteroatoms. The number of ether oxygens (including phenoxy) is 1. The molecule has 2 amide bonds. The number of aryl methyl sites for hydroxylation is 1. The Kier molecular flexibility index (Phi) is 5.97. The van der Waals surface area contributed by atoms with Gasteiger partial charge in [0.2, 0.25) is 11.7 Å². The molecule has 2 aliphatic rings. The first kappa shape index (κ1) is 20.6. The molecular weight excluding hydrogens is 394 g/mol. The lowest BCUT2D eigenvalue weighted by atomic mass is 9.98. The van der Waals surface area contributed by atoms with Gasteiger partial charge in [-0.2, -0.15) is 0 Å². The number of hydrogen-bond donors (Lipinski definition) is 1. The van der Waals surface area contributed by atoms with Gasteiger partial charge in [-0.05, 0) is 30.5 Å². The van der Waals surface area contributed by atoms with Crippen LogP contribution in [-0.4, -0.2) is 40.2 Å². The summed E-state index contributed by atoms with van der Waals surface area (Å²) in [7, 11) is 1.77. The molecule has 0 fully saturated rings. The maximum Gasteiger partial charge on any atom is 0.288 e. The first-order chi connectivity index (χ1) is 15.0. The van der Waals surface area contributed by atoms with E-state index in [4.69, 9.17) is 10.5 Å². The molecule has 1 aromatic heterocycles. The fourth-order valence-electron chi connectivity index (χ4n) is 3.85. The van der Waals surface area contributed by atoms with Gasteiger partial charge in [0.15, 0.2) is 0 Å². The molecule has 160 valence electrons. The standard InChI is InChI=1S/C13H14N4O.C10H11NO2/c14-12(18)13-15-11-8-4-7-10(17(11)16-13)9-5-2-1-3-6-9;1-11-8-4-2-3-5-9(8)13-7-6-10(11)12/h1-3,5-6,10H,4,7-8H2,(H2,14,18);2-5H,6-7H2,1H3. The Hall–Kier alpha value is -3.68.